The summed E-state index contributed by atoms with van der Waals surface area (Å²) in [5, 5.41) is 2.97. The van der Waals surface area contributed by atoms with Crippen LogP contribution >= 0.6 is 11.3 Å². The summed E-state index contributed by atoms with van der Waals surface area (Å²) in [6.07, 6.45) is -1.23. The number of carbonyl (C=O) groups excluding carboxylic acids is 3. The van der Waals surface area contributed by atoms with Crippen molar-refractivity contribution in [3.63, 3.8) is 0 Å². The molecular weight excluding hydrogens is 410 g/mol. The lowest BCUT2D eigenvalue weighted by Crippen LogP contribution is -2.47. The van der Waals surface area contributed by atoms with Crippen molar-refractivity contribution in [3.05, 3.63) is 10.6 Å². The fourth-order valence-electron chi connectivity index (χ4n) is 2.26. The molecule has 0 fully saturated rings. The molecule has 0 spiro atoms. The van der Waals surface area contributed by atoms with Gasteiger partial charge in [-0.25, -0.2) is 19.4 Å². The van der Waals surface area contributed by atoms with E-state index in [9.17, 15) is 14.4 Å². The number of aryl methyl sites for hydroxylation is 1. The molecule has 0 unspecified atom stereocenters. The molecule has 2 amide bonds. The summed E-state index contributed by atoms with van der Waals surface area (Å²) < 4.78 is 15.8. The number of rotatable bonds is 6. The second-order valence-corrected chi connectivity index (χ2v) is 9.75. The third-order valence-corrected chi connectivity index (χ3v) is 4.47. The van der Waals surface area contributed by atoms with E-state index in [0.29, 0.717) is 10.6 Å². The Balaban J connectivity index is 3.09. The van der Waals surface area contributed by atoms with Crippen molar-refractivity contribution in [3.8, 4) is 0 Å². The fraction of sp³-hybridized carbons (Fsp3) is 0.700. The van der Waals surface area contributed by atoms with Crippen LogP contribution in [0.1, 0.15) is 70.8 Å². The van der Waals surface area contributed by atoms with E-state index in [1.807, 2.05) is 0 Å². The summed E-state index contributed by atoms with van der Waals surface area (Å²) in [6.45, 7) is 16.0. The highest BCUT2D eigenvalue weighted by atomic mass is 32.1. The summed E-state index contributed by atoms with van der Waals surface area (Å²) in [7, 11) is 0. The minimum absolute atomic E-state index is 0.0728. The molecule has 1 N–H and O–H groups in total. The van der Waals surface area contributed by atoms with Gasteiger partial charge in [-0.3, -0.25) is 4.90 Å². The van der Waals surface area contributed by atoms with Crippen LogP contribution in [0.3, 0.4) is 0 Å². The number of nitrogens with one attached hydrogen (secondary N) is 1. The Bertz CT molecular complexity index is 764. The normalized spacial score (nSPS) is 12.7. The number of nitrogens with zero attached hydrogens (tertiary/aromatic N) is 2. The zero-order chi connectivity index (χ0) is 23.3. The predicted molar refractivity (Wildman–Crippen MR) is 115 cm³/mol. The second-order valence-electron chi connectivity index (χ2n) is 8.77. The Morgan fingerprint density at radius 3 is 2.17 bits per heavy atom. The lowest BCUT2D eigenvalue weighted by molar-refractivity contribution is 0.0490. The van der Waals surface area contributed by atoms with Crippen LogP contribution in [0.5, 0.6) is 0 Å². The number of anilines is 1. The van der Waals surface area contributed by atoms with E-state index in [1.54, 1.807) is 62.3 Å². The summed E-state index contributed by atoms with van der Waals surface area (Å²) in [5.74, 6) is -0.497. The van der Waals surface area contributed by atoms with Crippen molar-refractivity contribution in [2.75, 3.05) is 18.1 Å². The topological polar surface area (TPSA) is 107 Å². The highest BCUT2D eigenvalue weighted by Gasteiger charge is 2.30. The molecule has 0 saturated carbocycles. The SMILES string of the molecule is CCOC(=O)c1sc(N(C[C@@H](C)NC(=O)OC(C)(C)C)C(=O)OC(C)(C)C)nc1C. The van der Waals surface area contributed by atoms with Gasteiger partial charge in [-0.1, -0.05) is 11.3 Å². The van der Waals surface area contributed by atoms with Crippen molar-refractivity contribution in [2.24, 2.45) is 0 Å². The molecule has 1 aromatic rings. The fourth-order valence-corrected chi connectivity index (χ4v) is 3.22. The zero-order valence-electron chi connectivity index (χ0n) is 19.2. The highest BCUT2D eigenvalue weighted by molar-refractivity contribution is 7.17. The third-order valence-electron chi connectivity index (χ3n) is 3.31. The van der Waals surface area contributed by atoms with E-state index in [-0.39, 0.29) is 18.3 Å². The molecule has 1 heterocycles. The van der Waals surface area contributed by atoms with Gasteiger partial charge in [-0.15, -0.1) is 0 Å². The first-order valence-corrected chi connectivity index (χ1v) is 10.6. The molecule has 10 heteroatoms. The Labute approximate surface area is 182 Å². The number of hydrogen-bond acceptors (Lipinski definition) is 8. The quantitative estimate of drug-likeness (QED) is 0.516. The Hall–Kier alpha value is -2.36. The number of esters is 1. The van der Waals surface area contributed by atoms with Crippen molar-refractivity contribution in [1.82, 2.24) is 10.3 Å². The molecular formula is C20H33N3O6S. The first-order valence-electron chi connectivity index (χ1n) is 9.77. The largest absolute Gasteiger partial charge is 0.462 e. The number of aromatic nitrogens is 1. The van der Waals surface area contributed by atoms with Gasteiger partial charge in [0.15, 0.2) is 5.13 Å². The maximum atomic E-state index is 12.8. The van der Waals surface area contributed by atoms with Gasteiger partial charge in [0.1, 0.15) is 16.1 Å². The van der Waals surface area contributed by atoms with Gasteiger partial charge in [-0.2, -0.15) is 0 Å². The van der Waals surface area contributed by atoms with Crippen LogP contribution < -0.4 is 10.2 Å². The smallest absolute Gasteiger partial charge is 0.416 e. The molecule has 0 aliphatic heterocycles. The standard InChI is InChI=1S/C20H33N3O6S/c1-10-27-15(24)14-13(3)22-16(30-14)23(18(26)29-20(7,8)9)11-12(2)21-17(25)28-19(4,5)6/h12H,10-11H2,1-9H3,(H,21,25)/t12-/m1/s1. The Kier molecular flexibility index (Phi) is 8.64. The third kappa shape index (κ3) is 8.56. The first kappa shape index (κ1) is 25.7. The average molecular weight is 444 g/mol. The number of amides is 2. The van der Waals surface area contributed by atoms with E-state index in [4.69, 9.17) is 14.2 Å². The van der Waals surface area contributed by atoms with Gasteiger partial charge >= 0.3 is 18.2 Å². The van der Waals surface area contributed by atoms with Gasteiger partial charge in [-0.05, 0) is 62.3 Å². The van der Waals surface area contributed by atoms with Crippen LogP contribution in [0.15, 0.2) is 0 Å². The van der Waals surface area contributed by atoms with E-state index < -0.39 is 35.4 Å². The molecule has 170 valence electrons. The van der Waals surface area contributed by atoms with E-state index >= 15 is 0 Å². The van der Waals surface area contributed by atoms with Crippen molar-refractivity contribution >= 4 is 34.6 Å². The number of ether oxygens (including phenoxy) is 3. The second kappa shape index (κ2) is 10.1. The van der Waals surface area contributed by atoms with E-state index in [1.165, 1.54) is 4.90 Å². The monoisotopic (exact) mass is 443 g/mol. The molecule has 9 nitrogen and oxygen atoms in total. The molecule has 0 aromatic carbocycles. The van der Waals surface area contributed by atoms with Crippen molar-refractivity contribution in [1.29, 1.82) is 0 Å². The number of hydrogen-bond donors (Lipinski definition) is 1. The number of thiazole rings is 1. The molecule has 1 atom stereocenters. The molecule has 0 aliphatic carbocycles. The van der Waals surface area contributed by atoms with E-state index in [0.717, 1.165) is 11.3 Å². The molecule has 0 bridgehead atoms. The maximum Gasteiger partial charge on any atom is 0.416 e. The number of alkyl carbamates (subject to hydrolysis) is 1. The molecule has 1 rings (SSSR count). The minimum atomic E-state index is -0.729. The zero-order valence-corrected chi connectivity index (χ0v) is 20.1. The van der Waals surface area contributed by atoms with Gasteiger partial charge < -0.3 is 19.5 Å². The number of carbonyl (C=O) groups is 3. The molecule has 30 heavy (non-hydrogen) atoms. The maximum absolute atomic E-state index is 12.8. The van der Waals surface area contributed by atoms with Crippen LogP contribution in [0.2, 0.25) is 0 Å². The van der Waals surface area contributed by atoms with Crippen LogP contribution in [0.25, 0.3) is 0 Å². The summed E-state index contributed by atoms with van der Waals surface area (Å²) >= 11 is 1.04. The van der Waals surface area contributed by atoms with Crippen LogP contribution in [0.4, 0.5) is 14.7 Å². The lowest BCUT2D eigenvalue weighted by Gasteiger charge is -2.28. The van der Waals surface area contributed by atoms with Crippen LogP contribution in [0, 0.1) is 6.92 Å². The molecule has 1 aromatic heterocycles. The summed E-state index contributed by atoms with van der Waals surface area (Å²) in [5.41, 5.74) is -0.918. The van der Waals surface area contributed by atoms with Crippen LogP contribution in [-0.2, 0) is 14.2 Å². The van der Waals surface area contributed by atoms with Crippen molar-refractivity contribution < 1.29 is 28.6 Å². The van der Waals surface area contributed by atoms with E-state index in [2.05, 4.69) is 10.3 Å². The average Bonchev–Trinajstić information content (AvgIpc) is 2.90. The molecule has 0 aliphatic rings. The Morgan fingerprint density at radius 1 is 1.10 bits per heavy atom. The van der Waals surface area contributed by atoms with Gasteiger partial charge in [0.05, 0.1) is 18.8 Å². The summed E-state index contributed by atoms with van der Waals surface area (Å²) in [6, 6.07) is -0.470. The molecule has 0 radical (unpaired) electrons. The van der Waals surface area contributed by atoms with Gasteiger partial charge in [0.25, 0.3) is 0 Å². The summed E-state index contributed by atoms with van der Waals surface area (Å²) in [4.78, 5) is 43.0. The van der Waals surface area contributed by atoms with Crippen LogP contribution in [-0.4, -0.2) is 53.5 Å². The molecule has 0 saturated heterocycles. The Morgan fingerprint density at radius 2 is 1.67 bits per heavy atom. The van der Waals surface area contributed by atoms with Crippen molar-refractivity contribution in [2.45, 2.75) is 79.6 Å². The van der Waals surface area contributed by atoms with Gasteiger partial charge in [0, 0.05) is 6.04 Å². The predicted octanol–water partition coefficient (Wildman–Crippen LogP) is 4.28. The van der Waals surface area contributed by atoms with Gasteiger partial charge in [0.2, 0.25) is 0 Å². The lowest BCUT2D eigenvalue weighted by atomic mass is 10.2. The highest BCUT2D eigenvalue weighted by Crippen LogP contribution is 2.28. The minimum Gasteiger partial charge on any atom is -0.462 e. The first-order chi connectivity index (χ1) is 13.6.